The molecule has 10 nitrogen and oxygen atoms in total. The third kappa shape index (κ3) is 2.89. The first-order valence-electron chi connectivity index (χ1n) is 6.12. The molecule has 4 N–H and O–H groups in total. The lowest BCUT2D eigenvalue weighted by Gasteiger charge is -2.20. The Bertz CT molecular complexity index is 700. The van der Waals surface area contributed by atoms with Crippen LogP contribution < -0.4 is 5.73 Å². The van der Waals surface area contributed by atoms with Gasteiger partial charge in [-0.25, -0.2) is 15.0 Å². The molecule has 2 atom stereocenters. The van der Waals surface area contributed by atoms with E-state index in [1.165, 1.54) is 6.33 Å². The molecule has 0 amide bonds. The molecular formula is C10H14N5O5P. The van der Waals surface area contributed by atoms with Crippen molar-refractivity contribution >= 4 is 24.6 Å². The summed E-state index contributed by atoms with van der Waals surface area (Å²) in [5.74, 6) is 0.269. The van der Waals surface area contributed by atoms with Crippen LogP contribution in [-0.4, -0.2) is 55.0 Å². The molecule has 21 heavy (non-hydrogen) atoms. The molecule has 11 heteroatoms. The predicted molar refractivity (Wildman–Crippen MR) is 71.4 cm³/mol. The van der Waals surface area contributed by atoms with E-state index in [1.54, 1.807) is 10.9 Å². The van der Waals surface area contributed by atoms with Gasteiger partial charge < -0.3 is 29.6 Å². The highest BCUT2D eigenvalue weighted by Gasteiger charge is 2.33. The average molecular weight is 315 g/mol. The van der Waals surface area contributed by atoms with E-state index in [-0.39, 0.29) is 18.5 Å². The fourth-order valence-electron chi connectivity index (χ4n) is 2.25. The summed E-state index contributed by atoms with van der Waals surface area (Å²) in [5, 5.41) is 0. The van der Waals surface area contributed by atoms with E-state index in [9.17, 15) is 4.57 Å². The third-order valence-electron chi connectivity index (χ3n) is 3.20. The second kappa shape index (κ2) is 5.32. The van der Waals surface area contributed by atoms with Crippen LogP contribution in [0.1, 0.15) is 6.04 Å². The summed E-state index contributed by atoms with van der Waals surface area (Å²) in [6.07, 6.45) is 1.73. The summed E-state index contributed by atoms with van der Waals surface area (Å²) in [4.78, 5) is 29.9. The highest BCUT2D eigenvalue weighted by molar-refractivity contribution is 7.51. The lowest BCUT2D eigenvalue weighted by atomic mass is 10.2. The van der Waals surface area contributed by atoms with Gasteiger partial charge in [0, 0.05) is 0 Å². The maximum atomic E-state index is 10.9. The van der Waals surface area contributed by atoms with Crippen molar-refractivity contribution < 1.29 is 23.8 Å². The minimum absolute atomic E-state index is 0.241. The number of imidazole rings is 1. The number of nitrogen functional groups attached to an aromatic ring is 1. The molecule has 0 spiro atoms. The summed E-state index contributed by atoms with van der Waals surface area (Å²) in [6.45, 7) is 0.575. The summed E-state index contributed by atoms with van der Waals surface area (Å²) in [6, 6.07) is -0.282. The summed E-state index contributed by atoms with van der Waals surface area (Å²) in [5.41, 5.74) is 6.73. The van der Waals surface area contributed by atoms with Gasteiger partial charge in [-0.15, -0.1) is 0 Å². The molecule has 1 saturated heterocycles. The minimum Gasteiger partial charge on any atom is -0.382 e. The molecule has 2 aromatic rings. The number of nitrogens with two attached hydrogens (primary N) is 1. The van der Waals surface area contributed by atoms with Crippen molar-refractivity contribution in [2.75, 3.05) is 25.3 Å². The van der Waals surface area contributed by atoms with Gasteiger partial charge in [-0.2, -0.15) is 0 Å². The van der Waals surface area contributed by atoms with E-state index in [0.717, 1.165) is 0 Å². The number of fused-ring (bicyclic) bond motifs is 1. The number of aromatic nitrogens is 4. The van der Waals surface area contributed by atoms with Crippen LogP contribution >= 0.6 is 7.60 Å². The van der Waals surface area contributed by atoms with Gasteiger partial charge in [-0.3, -0.25) is 4.57 Å². The van der Waals surface area contributed by atoms with Crippen LogP contribution in [0.2, 0.25) is 0 Å². The second-order valence-corrected chi connectivity index (χ2v) is 6.27. The molecule has 0 aliphatic carbocycles. The Morgan fingerprint density at radius 2 is 2.24 bits per heavy atom. The molecule has 1 aliphatic heterocycles. The van der Waals surface area contributed by atoms with Gasteiger partial charge in [0.25, 0.3) is 0 Å². The highest BCUT2D eigenvalue weighted by atomic mass is 31.2. The lowest BCUT2D eigenvalue weighted by molar-refractivity contribution is 0.0476. The van der Waals surface area contributed by atoms with Crippen molar-refractivity contribution in [3.8, 4) is 0 Å². The van der Waals surface area contributed by atoms with Crippen LogP contribution in [-0.2, 0) is 14.0 Å². The molecule has 0 aromatic carbocycles. The van der Waals surface area contributed by atoms with Crippen molar-refractivity contribution in [3.63, 3.8) is 0 Å². The van der Waals surface area contributed by atoms with Crippen LogP contribution in [0.5, 0.6) is 0 Å². The van der Waals surface area contributed by atoms with Gasteiger partial charge in [0.1, 0.15) is 24.3 Å². The van der Waals surface area contributed by atoms with Crippen molar-refractivity contribution in [1.82, 2.24) is 19.5 Å². The number of ether oxygens (including phenoxy) is 2. The number of nitrogens with zero attached hydrogens (tertiary/aromatic N) is 4. The number of rotatable bonds is 4. The van der Waals surface area contributed by atoms with Crippen LogP contribution in [0.15, 0.2) is 12.7 Å². The van der Waals surface area contributed by atoms with E-state index in [2.05, 4.69) is 15.0 Å². The first-order chi connectivity index (χ1) is 9.96. The minimum atomic E-state index is -4.23. The first-order valence-corrected chi connectivity index (χ1v) is 7.92. The highest BCUT2D eigenvalue weighted by Crippen LogP contribution is 2.36. The van der Waals surface area contributed by atoms with Crippen LogP contribution in [0.25, 0.3) is 11.2 Å². The van der Waals surface area contributed by atoms with E-state index in [4.69, 9.17) is 25.0 Å². The van der Waals surface area contributed by atoms with Gasteiger partial charge in [-0.05, 0) is 0 Å². The van der Waals surface area contributed by atoms with Gasteiger partial charge in [0.2, 0.25) is 0 Å². The van der Waals surface area contributed by atoms with E-state index in [1.807, 2.05) is 0 Å². The molecule has 3 heterocycles. The zero-order valence-electron chi connectivity index (χ0n) is 10.9. The Morgan fingerprint density at radius 3 is 3.00 bits per heavy atom. The fourth-order valence-corrected chi connectivity index (χ4v) is 2.63. The molecule has 0 unspecified atom stereocenters. The standard InChI is InChI=1S/C10H14N5O5P/c11-9-8-10(13-3-12-9)15(4-14-8)6-1-19-2-7(6)20-5-21(16,17)18/h3-4,6-7H,1-2,5H2,(H2,11,12,13)(H2,16,17,18)/t6-,7-/m1/s1. The molecule has 2 aromatic heterocycles. The molecule has 1 aliphatic rings. The van der Waals surface area contributed by atoms with Crippen molar-refractivity contribution in [2.24, 2.45) is 0 Å². The maximum absolute atomic E-state index is 10.9. The number of hydrogen-bond acceptors (Lipinski definition) is 7. The van der Waals surface area contributed by atoms with Crippen molar-refractivity contribution in [1.29, 1.82) is 0 Å². The van der Waals surface area contributed by atoms with Crippen molar-refractivity contribution in [2.45, 2.75) is 12.1 Å². The predicted octanol–water partition coefficient (Wildman–Crippen LogP) is -0.500. The summed E-state index contributed by atoms with van der Waals surface area (Å²) >= 11 is 0. The first kappa shape index (κ1) is 14.4. The zero-order valence-corrected chi connectivity index (χ0v) is 11.8. The Labute approximate surface area is 119 Å². The molecule has 0 bridgehead atoms. The summed E-state index contributed by atoms with van der Waals surface area (Å²) < 4.78 is 23.2. The van der Waals surface area contributed by atoms with Gasteiger partial charge in [0.05, 0.1) is 25.6 Å². The smallest absolute Gasteiger partial charge is 0.350 e. The van der Waals surface area contributed by atoms with Gasteiger partial charge >= 0.3 is 7.60 Å². The molecular weight excluding hydrogens is 301 g/mol. The third-order valence-corrected chi connectivity index (χ3v) is 3.69. The second-order valence-electron chi connectivity index (χ2n) is 4.69. The molecule has 114 valence electrons. The maximum Gasteiger partial charge on any atom is 0.350 e. The Balaban J connectivity index is 1.87. The number of hydrogen-bond donors (Lipinski definition) is 3. The summed E-state index contributed by atoms with van der Waals surface area (Å²) in [7, 11) is -4.23. The Kier molecular flexibility index (Phi) is 3.64. The average Bonchev–Trinajstić information content (AvgIpc) is 3.01. The van der Waals surface area contributed by atoms with Gasteiger partial charge in [-0.1, -0.05) is 0 Å². The van der Waals surface area contributed by atoms with E-state index >= 15 is 0 Å². The fraction of sp³-hybridized carbons (Fsp3) is 0.500. The largest absolute Gasteiger partial charge is 0.382 e. The SMILES string of the molecule is Nc1ncnc2c1ncn2[C@@H]1COC[C@H]1OCP(=O)(O)O. The lowest BCUT2D eigenvalue weighted by Crippen LogP contribution is -2.25. The quantitative estimate of drug-likeness (QED) is 0.635. The van der Waals surface area contributed by atoms with Crippen molar-refractivity contribution in [3.05, 3.63) is 12.7 Å². The molecule has 1 fully saturated rings. The Hall–Kier alpha value is -1.58. The van der Waals surface area contributed by atoms with E-state index in [0.29, 0.717) is 17.8 Å². The van der Waals surface area contributed by atoms with Crippen LogP contribution in [0.4, 0.5) is 5.82 Å². The molecule has 3 rings (SSSR count). The zero-order chi connectivity index (χ0) is 15.0. The Morgan fingerprint density at radius 1 is 1.43 bits per heavy atom. The molecule has 0 saturated carbocycles. The molecule has 0 radical (unpaired) electrons. The van der Waals surface area contributed by atoms with E-state index < -0.39 is 20.0 Å². The topological polar surface area (TPSA) is 146 Å². The monoisotopic (exact) mass is 315 g/mol. The van der Waals surface area contributed by atoms with Crippen LogP contribution in [0.3, 0.4) is 0 Å². The normalized spacial score (nSPS) is 23.0. The van der Waals surface area contributed by atoms with Crippen LogP contribution in [0, 0.1) is 0 Å². The number of anilines is 1. The van der Waals surface area contributed by atoms with Gasteiger partial charge in [0.15, 0.2) is 11.5 Å².